The molecule has 0 spiro atoms. The van der Waals surface area contributed by atoms with Crippen molar-refractivity contribution in [3.8, 4) is 5.75 Å². The highest BCUT2D eigenvalue weighted by molar-refractivity contribution is 7.88. The zero-order valence-corrected chi connectivity index (χ0v) is 15.9. The number of aromatic hydroxyl groups is 1. The summed E-state index contributed by atoms with van der Waals surface area (Å²) in [5.74, 6) is 0.663. The third-order valence-electron chi connectivity index (χ3n) is 5.33. The predicted molar refractivity (Wildman–Crippen MR) is 99.6 cm³/mol. The summed E-state index contributed by atoms with van der Waals surface area (Å²) in [5.41, 5.74) is 1.19. The maximum atomic E-state index is 12.5. The van der Waals surface area contributed by atoms with E-state index < -0.39 is 10.0 Å². The number of phenols is 1. The van der Waals surface area contributed by atoms with Gasteiger partial charge in [-0.1, -0.05) is 12.1 Å². The number of urea groups is 1. The molecule has 7 nitrogen and oxygen atoms in total. The Morgan fingerprint density at radius 3 is 2.38 bits per heavy atom. The lowest BCUT2D eigenvalue weighted by Crippen LogP contribution is -2.53. The zero-order chi connectivity index (χ0) is 18.7. The number of phenolic OH excluding ortho intramolecular Hbond substituents is 1. The van der Waals surface area contributed by atoms with Crippen molar-refractivity contribution >= 4 is 16.1 Å². The van der Waals surface area contributed by atoms with Gasteiger partial charge in [0.2, 0.25) is 10.0 Å². The van der Waals surface area contributed by atoms with Crippen LogP contribution in [-0.4, -0.2) is 67.2 Å². The number of likely N-dealkylation sites (tertiary alicyclic amines) is 1. The maximum Gasteiger partial charge on any atom is 0.317 e. The molecule has 2 saturated heterocycles. The van der Waals surface area contributed by atoms with E-state index in [1.54, 1.807) is 12.1 Å². The minimum atomic E-state index is -3.21. The van der Waals surface area contributed by atoms with E-state index in [4.69, 9.17) is 0 Å². The molecule has 2 heterocycles. The number of hydrogen-bond acceptors (Lipinski definition) is 4. The Bertz CT molecular complexity index is 727. The summed E-state index contributed by atoms with van der Waals surface area (Å²) in [4.78, 5) is 14.3. The van der Waals surface area contributed by atoms with E-state index in [2.05, 4.69) is 5.32 Å². The first-order chi connectivity index (χ1) is 12.3. The summed E-state index contributed by atoms with van der Waals surface area (Å²) < 4.78 is 24.8. The third kappa shape index (κ3) is 4.67. The average Bonchev–Trinajstić information content (AvgIpc) is 2.62. The molecular formula is C18H27N3O4S. The molecule has 2 fully saturated rings. The second-order valence-electron chi connectivity index (χ2n) is 7.26. The number of piperidine rings is 2. The number of benzene rings is 1. The molecule has 1 unspecified atom stereocenters. The molecular weight excluding hydrogens is 354 g/mol. The van der Waals surface area contributed by atoms with Gasteiger partial charge in [0.15, 0.2) is 0 Å². The lowest BCUT2D eigenvalue weighted by atomic mass is 9.89. The molecule has 3 rings (SSSR count). The topological polar surface area (TPSA) is 90.0 Å². The molecule has 1 aromatic carbocycles. The molecule has 0 aliphatic carbocycles. The van der Waals surface area contributed by atoms with Gasteiger partial charge >= 0.3 is 6.03 Å². The number of hydrogen-bond donors (Lipinski definition) is 2. The first kappa shape index (κ1) is 19.0. The number of nitrogens with one attached hydrogen (secondary N) is 1. The maximum absolute atomic E-state index is 12.5. The van der Waals surface area contributed by atoms with Crippen molar-refractivity contribution in [3.63, 3.8) is 0 Å². The van der Waals surface area contributed by atoms with E-state index in [1.165, 1.54) is 16.1 Å². The van der Waals surface area contributed by atoms with E-state index in [1.807, 2.05) is 17.0 Å². The van der Waals surface area contributed by atoms with Crippen LogP contribution >= 0.6 is 0 Å². The quantitative estimate of drug-likeness (QED) is 0.834. The van der Waals surface area contributed by atoms with Crippen LogP contribution in [0.1, 0.15) is 37.2 Å². The van der Waals surface area contributed by atoms with Crippen LogP contribution in [0.5, 0.6) is 5.75 Å². The Hall–Kier alpha value is -1.80. The Kier molecular flexibility index (Phi) is 5.72. The van der Waals surface area contributed by atoms with Gasteiger partial charge in [-0.25, -0.2) is 17.5 Å². The van der Waals surface area contributed by atoms with Gasteiger partial charge in [0, 0.05) is 32.2 Å². The largest absolute Gasteiger partial charge is 0.508 e. The molecule has 8 heteroatoms. The van der Waals surface area contributed by atoms with Crippen LogP contribution in [0, 0.1) is 0 Å². The first-order valence-electron chi connectivity index (χ1n) is 9.12. The highest BCUT2D eigenvalue weighted by Gasteiger charge is 2.29. The molecule has 2 N–H and O–H groups in total. The normalized spacial score (nSPS) is 23.0. The summed E-state index contributed by atoms with van der Waals surface area (Å²) in [7, 11) is -3.21. The highest BCUT2D eigenvalue weighted by Crippen LogP contribution is 2.29. The van der Waals surface area contributed by atoms with E-state index in [0.29, 0.717) is 32.1 Å². The lowest BCUT2D eigenvalue weighted by Gasteiger charge is -2.36. The number of carbonyl (C=O) groups excluding carboxylic acids is 1. The van der Waals surface area contributed by atoms with Crippen LogP contribution in [0.2, 0.25) is 0 Å². The van der Waals surface area contributed by atoms with Gasteiger partial charge in [0.1, 0.15) is 5.75 Å². The van der Waals surface area contributed by atoms with E-state index >= 15 is 0 Å². The first-order valence-corrected chi connectivity index (χ1v) is 11.0. The van der Waals surface area contributed by atoms with Gasteiger partial charge in [0.25, 0.3) is 0 Å². The fourth-order valence-corrected chi connectivity index (χ4v) is 4.70. The molecule has 0 saturated carbocycles. The van der Waals surface area contributed by atoms with Crippen molar-refractivity contribution in [1.29, 1.82) is 0 Å². The average molecular weight is 381 g/mol. The van der Waals surface area contributed by atoms with Gasteiger partial charge in [-0.15, -0.1) is 0 Å². The van der Waals surface area contributed by atoms with E-state index in [9.17, 15) is 18.3 Å². The minimum Gasteiger partial charge on any atom is -0.508 e. The van der Waals surface area contributed by atoms with Gasteiger partial charge in [-0.2, -0.15) is 0 Å². The van der Waals surface area contributed by atoms with E-state index in [0.717, 1.165) is 25.7 Å². The predicted octanol–water partition coefficient (Wildman–Crippen LogP) is 1.71. The summed E-state index contributed by atoms with van der Waals surface area (Å²) in [6.45, 7) is 2.25. The standard InChI is InChI=1S/C18H27N3O4S/c1-26(24,25)21-10-2-3-16(13-21)19-18(23)20-11-8-15(9-12-20)14-4-6-17(22)7-5-14/h4-7,15-16,22H,2-3,8-13H2,1H3,(H,19,23). The molecule has 0 radical (unpaired) electrons. The van der Waals surface area contributed by atoms with Crippen molar-refractivity contribution in [2.24, 2.45) is 0 Å². The SMILES string of the molecule is CS(=O)(=O)N1CCCC(NC(=O)N2CCC(c3ccc(O)cc3)CC2)C1. The zero-order valence-electron chi connectivity index (χ0n) is 15.1. The van der Waals surface area contributed by atoms with Crippen molar-refractivity contribution in [1.82, 2.24) is 14.5 Å². The lowest BCUT2D eigenvalue weighted by molar-refractivity contribution is 0.171. The third-order valence-corrected chi connectivity index (χ3v) is 6.60. The Balaban J connectivity index is 1.50. The molecule has 2 aliphatic heterocycles. The number of sulfonamides is 1. The summed E-state index contributed by atoms with van der Waals surface area (Å²) >= 11 is 0. The van der Waals surface area contributed by atoms with Gasteiger partial charge in [0.05, 0.1) is 6.26 Å². The van der Waals surface area contributed by atoms with Crippen molar-refractivity contribution in [2.45, 2.75) is 37.6 Å². The molecule has 0 bridgehead atoms. The van der Waals surface area contributed by atoms with Crippen LogP contribution in [0.4, 0.5) is 4.79 Å². The van der Waals surface area contributed by atoms with Crippen LogP contribution in [0.3, 0.4) is 0 Å². The number of amides is 2. The summed E-state index contributed by atoms with van der Waals surface area (Å²) in [6.07, 6.45) is 4.56. The number of nitrogens with zero attached hydrogens (tertiary/aromatic N) is 2. The molecule has 144 valence electrons. The van der Waals surface area contributed by atoms with Crippen molar-refractivity contribution < 1.29 is 18.3 Å². The van der Waals surface area contributed by atoms with Crippen LogP contribution in [-0.2, 0) is 10.0 Å². The molecule has 0 aromatic heterocycles. The molecule has 26 heavy (non-hydrogen) atoms. The Labute approximate surface area is 155 Å². The fraction of sp³-hybridized carbons (Fsp3) is 0.611. The molecule has 2 amide bonds. The highest BCUT2D eigenvalue weighted by atomic mass is 32.2. The number of rotatable bonds is 3. The second kappa shape index (κ2) is 7.84. The number of carbonyl (C=O) groups is 1. The van der Waals surface area contributed by atoms with Gasteiger partial charge < -0.3 is 15.3 Å². The van der Waals surface area contributed by atoms with Gasteiger partial charge in [-0.05, 0) is 49.3 Å². The molecule has 2 aliphatic rings. The van der Waals surface area contributed by atoms with E-state index in [-0.39, 0.29) is 17.8 Å². The fourth-order valence-electron chi connectivity index (χ4n) is 3.79. The van der Waals surface area contributed by atoms with Crippen LogP contribution in [0.15, 0.2) is 24.3 Å². The minimum absolute atomic E-state index is 0.102. The molecule has 1 aromatic rings. The van der Waals surface area contributed by atoms with Gasteiger partial charge in [-0.3, -0.25) is 0 Å². The van der Waals surface area contributed by atoms with Crippen LogP contribution < -0.4 is 5.32 Å². The smallest absolute Gasteiger partial charge is 0.317 e. The Morgan fingerprint density at radius 2 is 1.77 bits per heavy atom. The monoisotopic (exact) mass is 381 g/mol. The molecule has 1 atom stereocenters. The summed E-state index contributed by atoms with van der Waals surface area (Å²) in [5, 5.41) is 12.4. The van der Waals surface area contributed by atoms with Crippen molar-refractivity contribution in [3.05, 3.63) is 29.8 Å². The van der Waals surface area contributed by atoms with Crippen LogP contribution in [0.25, 0.3) is 0 Å². The summed E-state index contributed by atoms with van der Waals surface area (Å²) in [6, 6.07) is 7.06. The van der Waals surface area contributed by atoms with Crippen molar-refractivity contribution in [2.75, 3.05) is 32.4 Å². The second-order valence-corrected chi connectivity index (χ2v) is 9.24. The Morgan fingerprint density at radius 1 is 1.12 bits per heavy atom.